The lowest BCUT2D eigenvalue weighted by atomic mass is 9.96. The molecular weight excluding hydrogens is 546 g/mol. The second-order valence-electron chi connectivity index (χ2n) is 12.9. The standard InChI is InChI=1S/C33H38ClN7O/c1-9-20-17-35-29-25(28(20)36-19-32(2,3)4)15-21(16-26(29)34)37-30(27-18-41(39-38-27)33(5,6)7)23-11-10-12-24-22(23)13-14-40(8)31(24)42/h1,10-18,30,37-39H,19H2,2-8H3,(H,35,36)/t30-/m0/s1. The molecule has 0 radical (unpaired) electrons. The van der Waals surface area contributed by atoms with Crippen molar-refractivity contribution in [3.63, 3.8) is 0 Å². The number of benzene rings is 2. The Kier molecular flexibility index (Phi) is 7.61. The van der Waals surface area contributed by atoms with Crippen molar-refractivity contribution in [2.75, 3.05) is 17.2 Å². The maximum atomic E-state index is 13.0. The molecule has 1 atom stereocenters. The average molecular weight is 584 g/mol. The Morgan fingerprint density at radius 1 is 1.10 bits per heavy atom. The molecule has 218 valence electrons. The van der Waals surface area contributed by atoms with Crippen molar-refractivity contribution in [2.24, 2.45) is 12.5 Å². The number of aryl methyl sites for hydroxylation is 1. The van der Waals surface area contributed by atoms with E-state index >= 15 is 0 Å². The number of hydrogen-bond acceptors (Lipinski definition) is 7. The van der Waals surface area contributed by atoms with Gasteiger partial charge in [0.2, 0.25) is 0 Å². The molecule has 9 heteroatoms. The normalized spacial score (nSPS) is 14.5. The predicted molar refractivity (Wildman–Crippen MR) is 174 cm³/mol. The van der Waals surface area contributed by atoms with E-state index in [-0.39, 0.29) is 22.6 Å². The number of anilines is 2. The van der Waals surface area contributed by atoms with Crippen molar-refractivity contribution >= 4 is 44.7 Å². The predicted octanol–water partition coefficient (Wildman–Crippen LogP) is 6.30. The number of fused-ring (bicyclic) bond motifs is 2. The van der Waals surface area contributed by atoms with E-state index in [0.717, 1.165) is 40.0 Å². The summed E-state index contributed by atoms with van der Waals surface area (Å²) in [5.74, 6) is 2.77. The fourth-order valence-corrected chi connectivity index (χ4v) is 5.24. The third kappa shape index (κ3) is 5.76. The lowest BCUT2D eigenvalue weighted by Crippen LogP contribution is -2.47. The number of rotatable bonds is 6. The molecule has 3 heterocycles. The van der Waals surface area contributed by atoms with Crippen molar-refractivity contribution in [1.82, 2.24) is 25.5 Å². The number of pyridine rings is 2. The van der Waals surface area contributed by atoms with Gasteiger partial charge in [-0.3, -0.25) is 14.8 Å². The molecule has 42 heavy (non-hydrogen) atoms. The minimum atomic E-state index is -0.357. The molecule has 0 spiro atoms. The highest BCUT2D eigenvalue weighted by atomic mass is 35.5. The van der Waals surface area contributed by atoms with Crippen molar-refractivity contribution in [3.05, 3.63) is 87.2 Å². The third-order valence-corrected chi connectivity index (χ3v) is 7.56. The first-order valence-electron chi connectivity index (χ1n) is 14.0. The molecule has 4 N–H and O–H groups in total. The van der Waals surface area contributed by atoms with Gasteiger partial charge >= 0.3 is 0 Å². The lowest BCUT2D eigenvalue weighted by molar-refractivity contribution is 0.138. The zero-order valence-electron chi connectivity index (χ0n) is 25.2. The SMILES string of the molecule is C#Cc1cnc2c(Cl)cc(N[C@H](C3=CN(C(C)(C)C)NN3)c3cccc4c(=O)n(C)ccc34)cc2c1NCC(C)(C)C. The maximum absolute atomic E-state index is 13.0. The second-order valence-corrected chi connectivity index (χ2v) is 13.3. The van der Waals surface area contributed by atoms with Crippen LogP contribution in [0, 0.1) is 17.8 Å². The van der Waals surface area contributed by atoms with Crippen LogP contribution in [0.1, 0.15) is 58.7 Å². The molecule has 0 amide bonds. The topological polar surface area (TPSA) is 86.2 Å². The van der Waals surface area contributed by atoms with Gasteiger partial charge in [-0.25, -0.2) is 0 Å². The summed E-state index contributed by atoms with van der Waals surface area (Å²) < 4.78 is 1.59. The molecular formula is C33H38ClN7O. The van der Waals surface area contributed by atoms with Crippen LogP contribution in [0.4, 0.5) is 11.4 Å². The van der Waals surface area contributed by atoms with E-state index in [9.17, 15) is 4.79 Å². The number of nitrogens with one attached hydrogen (secondary N) is 4. The van der Waals surface area contributed by atoms with Crippen LogP contribution >= 0.6 is 11.6 Å². The van der Waals surface area contributed by atoms with Gasteiger partial charge in [-0.05, 0) is 61.4 Å². The molecule has 0 saturated carbocycles. The number of nitrogens with zero attached hydrogens (tertiary/aromatic N) is 3. The summed E-state index contributed by atoms with van der Waals surface area (Å²) in [6.07, 6.45) is 11.4. The Bertz CT molecular complexity index is 1800. The molecule has 0 saturated heterocycles. The quantitative estimate of drug-likeness (QED) is 0.198. The van der Waals surface area contributed by atoms with Crippen molar-refractivity contribution in [2.45, 2.75) is 53.1 Å². The Morgan fingerprint density at radius 2 is 1.86 bits per heavy atom. The summed E-state index contributed by atoms with van der Waals surface area (Å²) in [7, 11) is 1.76. The highest BCUT2D eigenvalue weighted by molar-refractivity contribution is 6.35. The largest absolute Gasteiger partial charge is 0.383 e. The Balaban J connectivity index is 1.67. The van der Waals surface area contributed by atoms with Crippen molar-refractivity contribution in [1.29, 1.82) is 0 Å². The molecule has 1 aliphatic heterocycles. The summed E-state index contributed by atoms with van der Waals surface area (Å²) in [6, 6.07) is 11.4. The van der Waals surface area contributed by atoms with Gasteiger partial charge in [0.15, 0.2) is 0 Å². The molecule has 2 aromatic carbocycles. The average Bonchev–Trinajstić information content (AvgIpc) is 3.43. The maximum Gasteiger partial charge on any atom is 0.258 e. The summed E-state index contributed by atoms with van der Waals surface area (Å²) in [6.45, 7) is 13.6. The molecule has 0 bridgehead atoms. The van der Waals surface area contributed by atoms with Gasteiger partial charge in [0, 0.05) is 54.2 Å². The fraction of sp³-hybridized carbons (Fsp3) is 0.333. The van der Waals surface area contributed by atoms with E-state index in [1.807, 2.05) is 41.4 Å². The van der Waals surface area contributed by atoms with Crippen LogP contribution in [0.25, 0.3) is 21.7 Å². The molecule has 4 aromatic rings. The van der Waals surface area contributed by atoms with Gasteiger partial charge < -0.3 is 20.6 Å². The Morgan fingerprint density at radius 3 is 2.52 bits per heavy atom. The Labute approximate surface area is 252 Å². The molecule has 0 aliphatic carbocycles. The van der Waals surface area contributed by atoms with Gasteiger partial charge in [-0.2, -0.15) is 0 Å². The van der Waals surface area contributed by atoms with E-state index in [2.05, 4.69) is 80.2 Å². The van der Waals surface area contributed by atoms with Gasteiger partial charge in [0.05, 0.1) is 33.5 Å². The number of halogens is 1. The number of terminal acetylenes is 1. The first-order chi connectivity index (χ1) is 19.8. The number of aromatic nitrogens is 2. The molecule has 0 unspecified atom stereocenters. The second kappa shape index (κ2) is 10.9. The highest BCUT2D eigenvalue weighted by Gasteiger charge is 2.29. The van der Waals surface area contributed by atoms with Crippen LogP contribution in [0.2, 0.25) is 5.02 Å². The summed E-state index contributed by atoms with van der Waals surface area (Å²) in [5.41, 5.74) is 11.2. The van der Waals surface area contributed by atoms with E-state index in [1.165, 1.54) is 0 Å². The highest BCUT2D eigenvalue weighted by Crippen LogP contribution is 2.37. The third-order valence-electron chi connectivity index (χ3n) is 7.28. The van der Waals surface area contributed by atoms with Crippen molar-refractivity contribution < 1.29 is 0 Å². The molecule has 1 aliphatic rings. The smallest absolute Gasteiger partial charge is 0.258 e. The zero-order chi connectivity index (χ0) is 30.4. The van der Waals surface area contributed by atoms with Crippen LogP contribution < -0.4 is 27.2 Å². The summed E-state index contributed by atoms with van der Waals surface area (Å²) in [4.78, 5) is 17.6. The fourth-order valence-electron chi connectivity index (χ4n) is 4.97. The van der Waals surface area contributed by atoms with Crippen LogP contribution in [0.15, 0.2) is 65.5 Å². The summed E-state index contributed by atoms with van der Waals surface area (Å²) in [5, 5.41) is 12.1. The Hall–Kier alpha value is -4.19. The van der Waals surface area contributed by atoms with Crippen LogP contribution in [0.5, 0.6) is 0 Å². The zero-order valence-corrected chi connectivity index (χ0v) is 25.9. The minimum absolute atomic E-state index is 0.0319. The first kappa shape index (κ1) is 29.3. The van der Waals surface area contributed by atoms with Gasteiger partial charge in [-0.15, -0.1) is 12.0 Å². The molecule has 2 aromatic heterocycles. The van der Waals surface area contributed by atoms with E-state index in [4.69, 9.17) is 18.0 Å². The van der Waals surface area contributed by atoms with E-state index in [0.29, 0.717) is 21.5 Å². The summed E-state index contributed by atoms with van der Waals surface area (Å²) >= 11 is 6.85. The number of hydrogen-bond donors (Lipinski definition) is 4. The van der Waals surface area contributed by atoms with E-state index in [1.54, 1.807) is 24.0 Å². The van der Waals surface area contributed by atoms with Crippen LogP contribution in [-0.2, 0) is 7.05 Å². The molecule has 5 rings (SSSR count). The lowest BCUT2D eigenvalue weighted by Gasteiger charge is -2.30. The minimum Gasteiger partial charge on any atom is -0.383 e. The number of hydrazine groups is 2. The van der Waals surface area contributed by atoms with Crippen LogP contribution in [0.3, 0.4) is 0 Å². The van der Waals surface area contributed by atoms with E-state index < -0.39 is 0 Å². The molecule has 0 fully saturated rings. The van der Waals surface area contributed by atoms with Gasteiger partial charge in [0.1, 0.15) is 0 Å². The molecule has 8 nitrogen and oxygen atoms in total. The first-order valence-corrected chi connectivity index (χ1v) is 14.3. The van der Waals surface area contributed by atoms with Gasteiger partial charge in [0.25, 0.3) is 5.56 Å². The van der Waals surface area contributed by atoms with Crippen molar-refractivity contribution in [3.8, 4) is 12.3 Å². The monoisotopic (exact) mass is 583 g/mol. The van der Waals surface area contributed by atoms with Gasteiger partial charge in [-0.1, -0.05) is 50.4 Å². The van der Waals surface area contributed by atoms with Crippen LogP contribution in [-0.4, -0.2) is 26.6 Å².